The minimum atomic E-state index is -3.33. The van der Waals surface area contributed by atoms with Gasteiger partial charge in [-0.25, -0.2) is 13.2 Å². The van der Waals surface area contributed by atoms with E-state index in [1.54, 1.807) is 25.3 Å². The molecular weight excluding hydrogens is 463 g/mol. The molecule has 2 aromatic rings. The molecule has 3 rings (SSSR count). The van der Waals surface area contributed by atoms with E-state index in [1.165, 1.54) is 6.92 Å². The fourth-order valence-corrected chi connectivity index (χ4v) is 4.49. The van der Waals surface area contributed by atoms with Gasteiger partial charge >= 0.3 is 0 Å². The van der Waals surface area contributed by atoms with Gasteiger partial charge in [-0.1, -0.05) is 18.5 Å². The van der Waals surface area contributed by atoms with Crippen LogP contribution in [-0.2, 0) is 4.79 Å². The summed E-state index contributed by atoms with van der Waals surface area (Å²) in [4.78, 5) is 17.8. The fourth-order valence-electron chi connectivity index (χ4n) is 3.51. The highest BCUT2D eigenvalue weighted by Crippen LogP contribution is 2.38. The number of anilines is 1. The molecule has 0 saturated heterocycles. The molecular formula is C22H23ClF3N3O2S. The number of aliphatic hydroxyl groups is 1. The Morgan fingerprint density at radius 3 is 2.81 bits per heavy atom. The smallest absolute Gasteiger partial charge is 0.290 e. The number of carbonyl (C=O) groups excluding carboxylic acids is 1. The molecule has 0 spiro atoms. The summed E-state index contributed by atoms with van der Waals surface area (Å²) in [7, 11) is 0. The van der Waals surface area contributed by atoms with Gasteiger partial charge in [0.25, 0.3) is 12.3 Å². The number of amides is 1. The molecule has 1 amide bonds. The number of nitrogens with one attached hydrogen (secondary N) is 1. The highest BCUT2D eigenvalue weighted by molar-refractivity contribution is 8.03. The summed E-state index contributed by atoms with van der Waals surface area (Å²) in [5.74, 6) is -2.02. The predicted molar refractivity (Wildman–Crippen MR) is 123 cm³/mol. The molecule has 1 atom stereocenters. The molecule has 1 aliphatic heterocycles. The highest BCUT2D eigenvalue weighted by atomic mass is 35.5. The lowest BCUT2D eigenvalue weighted by molar-refractivity contribution is -0.139. The lowest BCUT2D eigenvalue weighted by atomic mass is 10.2. The standard InChI is InChI=1S/C22H23ClF3N3O2S/c1-3-32-19(18(24)20(25)26)15-12-22(2,31)29(21(15)30)10-4-8-27-16-7-9-28-17-11-13(23)5-6-14(16)17/h5-7,9,11-12,20,31H,3-4,8,10H2,1-2H3,(H,27,28)/b19-18+. The van der Waals surface area contributed by atoms with E-state index in [4.69, 9.17) is 11.6 Å². The van der Waals surface area contributed by atoms with Crippen LogP contribution in [0.2, 0.25) is 5.02 Å². The summed E-state index contributed by atoms with van der Waals surface area (Å²) in [6.07, 6.45) is -0.0744. The number of halogens is 4. The van der Waals surface area contributed by atoms with Crippen LogP contribution in [-0.4, -0.2) is 51.9 Å². The summed E-state index contributed by atoms with van der Waals surface area (Å²) in [6.45, 7) is 3.66. The van der Waals surface area contributed by atoms with E-state index in [-0.39, 0.29) is 12.1 Å². The van der Waals surface area contributed by atoms with Gasteiger partial charge in [0.05, 0.1) is 16.0 Å². The summed E-state index contributed by atoms with van der Waals surface area (Å²) in [5.41, 5.74) is -0.352. The van der Waals surface area contributed by atoms with Crippen molar-refractivity contribution in [1.29, 1.82) is 0 Å². The quantitative estimate of drug-likeness (QED) is 0.468. The largest absolute Gasteiger partial charge is 0.384 e. The number of rotatable bonds is 9. The van der Waals surface area contributed by atoms with Crippen LogP contribution in [0.15, 0.2) is 52.8 Å². The molecule has 32 heavy (non-hydrogen) atoms. The normalized spacial score (nSPS) is 19.6. The molecule has 0 saturated carbocycles. The molecule has 5 nitrogen and oxygen atoms in total. The van der Waals surface area contributed by atoms with E-state index in [1.807, 2.05) is 12.1 Å². The maximum Gasteiger partial charge on any atom is 0.290 e. The van der Waals surface area contributed by atoms with Crippen molar-refractivity contribution < 1.29 is 23.1 Å². The first-order chi connectivity index (χ1) is 15.2. The van der Waals surface area contributed by atoms with Crippen molar-refractivity contribution in [3.63, 3.8) is 0 Å². The molecule has 0 aliphatic carbocycles. The molecule has 2 N–H and O–H groups in total. The van der Waals surface area contributed by atoms with Crippen molar-refractivity contribution in [2.45, 2.75) is 32.4 Å². The SMILES string of the molecule is CCS/C(C1=CC(C)(O)N(CCCNc2ccnc3cc(Cl)ccc23)C1=O)=C(/F)C(F)F. The van der Waals surface area contributed by atoms with E-state index in [0.29, 0.717) is 23.7 Å². The Labute approximate surface area is 193 Å². The second-order valence-electron chi connectivity index (χ2n) is 7.32. The van der Waals surface area contributed by atoms with Gasteiger partial charge in [-0.2, -0.15) is 0 Å². The third kappa shape index (κ3) is 5.22. The van der Waals surface area contributed by atoms with Gasteiger partial charge in [0, 0.05) is 35.4 Å². The number of hydrogen-bond acceptors (Lipinski definition) is 5. The molecule has 1 unspecified atom stereocenters. The Balaban J connectivity index is 1.68. The number of pyridine rings is 1. The summed E-state index contributed by atoms with van der Waals surface area (Å²) in [5, 5.41) is 15.4. The van der Waals surface area contributed by atoms with Crippen molar-refractivity contribution in [3.8, 4) is 0 Å². The van der Waals surface area contributed by atoms with Crippen LogP contribution in [0.25, 0.3) is 10.9 Å². The zero-order chi connectivity index (χ0) is 23.5. The number of thioether (sulfide) groups is 1. The van der Waals surface area contributed by atoms with Gasteiger partial charge in [-0.05, 0) is 49.4 Å². The van der Waals surface area contributed by atoms with Gasteiger partial charge in [-0.15, -0.1) is 11.8 Å². The van der Waals surface area contributed by atoms with E-state index in [9.17, 15) is 23.1 Å². The minimum Gasteiger partial charge on any atom is -0.384 e. The number of nitrogens with zero attached hydrogens (tertiary/aromatic N) is 2. The fraction of sp³-hybridized carbons (Fsp3) is 0.364. The molecule has 172 valence electrons. The topological polar surface area (TPSA) is 65.5 Å². The number of carbonyl (C=O) groups is 1. The molecule has 1 aliphatic rings. The van der Waals surface area contributed by atoms with Crippen molar-refractivity contribution in [2.75, 3.05) is 24.2 Å². The molecule has 2 heterocycles. The second kappa shape index (κ2) is 10.1. The van der Waals surface area contributed by atoms with Gasteiger partial charge in [0.2, 0.25) is 0 Å². The Morgan fingerprint density at radius 1 is 1.38 bits per heavy atom. The van der Waals surface area contributed by atoms with E-state index in [2.05, 4.69) is 10.3 Å². The maximum absolute atomic E-state index is 14.0. The lowest BCUT2D eigenvalue weighted by Crippen LogP contribution is -2.45. The van der Waals surface area contributed by atoms with Crippen molar-refractivity contribution in [1.82, 2.24) is 9.88 Å². The summed E-state index contributed by atoms with van der Waals surface area (Å²) < 4.78 is 39.9. The number of benzene rings is 1. The first-order valence-electron chi connectivity index (χ1n) is 10.0. The molecule has 1 aromatic heterocycles. The summed E-state index contributed by atoms with van der Waals surface area (Å²) >= 11 is 6.82. The Morgan fingerprint density at radius 2 is 2.12 bits per heavy atom. The van der Waals surface area contributed by atoms with Crippen LogP contribution in [0.3, 0.4) is 0 Å². The predicted octanol–water partition coefficient (Wildman–Crippen LogP) is 5.37. The average molecular weight is 486 g/mol. The molecule has 1 aromatic carbocycles. The van der Waals surface area contributed by atoms with Gasteiger partial charge in [0.1, 0.15) is 0 Å². The minimum absolute atomic E-state index is 0.147. The highest BCUT2D eigenvalue weighted by Gasteiger charge is 2.42. The van der Waals surface area contributed by atoms with E-state index in [0.717, 1.165) is 39.3 Å². The van der Waals surface area contributed by atoms with Gasteiger partial charge in [-0.3, -0.25) is 9.78 Å². The average Bonchev–Trinajstić information content (AvgIpc) is 2.97. The van der Waals surface area contributed by atoms with Crippen molar-refractivity contribution >= 4 is 45.9 Å². The summed E-state index contributed by atoms with van der Waals surface area (Å²) in [6, 6.07) is 7.20. The molecule has 0 fully saturated rings. The van der Waals surface area contributed by atoms with E-state index < -0.39 is 28.8 Å². The van der Waals surface area contributed by atoms with Crippen LogP contribution < -0.4 is 5.32 Å². The number of hydrogen-bond donors (Lipinski definition) is 2. The van der Waals surface area contributed by atoms with Crippen LogP contribution in [0.1, 0.15) is 20.3 Å². The monoisotopic (exact) mass is 485 g/mol. The van der Waals surface area contributed by atoms with Crippen LogP contribution >= 0.6 is 23.4 Å². The Hall–Kier alpha value is -2.23. The molecule has 10 heteroatoms. The third-order valence-electron chi connectivity index (χ3n) is 4.96. The first-order valence-corrected chi connectivity index (χ1v) is 11.4. The van der Waals surface area contributed by atoms with E-state index >= 15 is 0 Å². The van der Waals surface area contributed by atoms with Gasteiger partial charge in [0.15, 0.2) is 11.6 Å². The Bertz CT molecular complexity index is 1080. The van der Waals surface area contributed by atoms with Crippen LogP contribution in [0, 0.1) is 0 Å². The van der Waals surface area contributed by atoms with Crippen molar-refractivity contribution in [3.05, 3.63) is 57.9 Å². The number of alkyl halides is 2. The first kappa shape index (κ1) is 24.4. The number of allylic oxidation sites excluding steroid dienone is 1. The molecule has 0 radical (unpaired) electrons. The maximum atomic E-state index is 14.0. The lowest BCUT2D eigenvalue weighted by Gasteiger charge is -2.29. The van der Waals surface area contributed by atoms with Crippen LogP contribution in [0.4, 0.5) is 18.9 Å². The Kier molecular flexibility index (Phi) is 7.74. The zero-order valence-electron chi connectivity index (χ0n) is 17.5. The third-order valence-corrected chi connectivity index (χ3v) is 6.19. The zero-order valence-corrected chi connectivity index (χ0v) is 19.1. The number of fused-ring (bicyclic) bond motifs is 1. The van der Waals surface area contributed by atoms with Crippen molar-refractivity contribution in [2.24, 2.45) is 0 Å². The van der Waals surface area contributed by atoms with Crippen LogP contribution in [0.5, 0.6) is 0 Å². The molecule has 0 bridgehead atoms. The second-order valence-corrected chi connectivity index (χ2v) is 9.03. The number of aromatic nitrogens is 1. The van der Waals surface area contributed by atoms with Gasteiger partial charge < -0.3 is 15.3 Å².